The Morgan fingerprint density at radius 1 is 1.33 bits per heavy atom. The summed E-state index contributed by atoms with van der Waals surface area (Å²) in [7, 11) is 0. The zero-order valence-corrected chi connectivity index (χ0v) is 9.25. The normalized spacial score (nSPS) is 10.0. The van der Waals surface area contributed by atoms with Crippen LogP contribution in [0.25, 0.3) is 0 Å². The molecule has 0 atom stereocenters. The molecule has 18 heavy (non-hydrogen) atoms. The third-order valence-corrected chi connectivity index (χ3v) is 2.24. The Labute approximate surface area is 102 Å². The number of rotatable bonds is 4. The van der Waals surface area contributed by atoms with Crippen LogP contribution in [0.3, 0.4) is 0 Å². The molecular formula is C11H10N4O3. The van der Waals surface area contributed by atoms with Gasteiger partial charge in [0.05, 0.1) is 11.8 Å². The second-order valence-electron chi connectivity index (χ2n) is 3.53. The van der Waals surface area contributed by atoms with Crippen molar-refractivity contribution < 1.29 is 9.90 Å². The summed E-state index contributed by atoms with van der Waals surface area (Å²) in [5.41, 5.74) is 0.581. The molecule has 0 saturated heterocycles. The van der Waals surface area contributed by atoms with Gasteiger partial charge in [-0.25, -0.2) is 14.7 Å². The minimum absolute atomic E-state index is 0.231. The molecule has 0 bridgehead atoms. The van der Waals surface area contributed by atoms with Crippen molar-refractivity contribution >= 4 is 11.8 Å². The van der Waals surface area contributed by atoms with Crippen molar-refractivity contribution in [1.82, 2.24) is 15.2 Å². The van der Waals surface area contributed by atoms with Crippen LogP contribution in [0.15, 0.2) is 35.3 Å². The SMILES string of the molecule is O=C(O)c1ccc(CNc2cn[nH]c(=O)n2)cc1. The fraction of sp³-hybridized carbons (Fsp3) is 0.0909. The van der Waals surface area contributed by atoms with E-state index in [1.807, 2.05) is 0 Å². The Hall–Kier alpha value is -2.70. The smallest absolute Gasteiger partial charge is 0.363 e. The van der Waals surface area contributed by atoms with Crippen molar-refractivity contribution in [2.45, 2.75) is 6.54 Å². The predicted octanol–water partition coefficient (Wildman–Crippen LogP) is 0.475. The summed E-state index contributed by atoms with van der Waals surface area (Å²) in [6, 6.07) is 6.42. The number of aromatic amines is 1. The molecule has 1 heterocycles. The van der Waals surface area contributed by atoms with Gasteiger partial charge in [-0.2, -0.15) is 10.1 Å². The summed E-state index contributed by atoms with van der Waals surface area (Å²) in [4.78, 5) is 25.2. The Morgan fingerprint density at radius 3 is 2.67 bits per heavy atom. The van der Waals surface area contributed by atoms with Gasteiger partial charge in [0.2, 0.25) is 0 Å². The van der Waals surface area contributed by atoms with Gasteiger partial charge in [-0.1, -0.05) is 12.1 Å². The summed E-state index contributed by atoms with van der Waals surface area (Å²) in [5, 5.41) is 17.4. The Morgan fingerprint density at radius 2 is 2.06 bits per heavy atom. The quantitative estimate of drug-likeness (QED) is 0.724. The van der Waals surface area contributed by atoms with Crippen LogP contribution < -0.4 is 11.0 Å². The fourth-order valence-electron chi connectivity index (χ4n) is 1.35. The third-order valence-electron chi connectivity index (χ3n) is 2.24. The maximum Gasteiger partial charge on any atom is 0.363 e. The van der Waals surface area contributed by atoms with Gasteiger partial charge in [-0.05, 0) is 17.7 Å². The lowest BCUT2D eigenvalue weighted by Gasteiger charge is -2.04. The number of hydrogen-bond donors (Lipinski definition) is 3. The first-order valence-corrected chi connectivity index (χ1v) is 5.13. The minimum atomic E-state index is -0.963. The minimum Gasteiger partial charge on any atom is -0.478 e. The van der Waals surface area contributed by atoms with Crippen molar-refractivity contribution in [3.63, 3.8) is 0 Å². The fourth-order valence-corrected chi connectivity index (χ4v) is 1.35. The lowest BCUT2D eigenvalue weighted by Crippen LogP contribution is -2.14. The molecule has 0 amide bonds. The molecule has 2 aromatic rings. The van der Waals surface area contributed by atoms with Crippen molar-refractivity contribution in [3.8, 4) is 0 Å². The number of aromatic carboxylic acids is 1. The highest BCUT2D eigenvalue weighted by Gasteiger charge is 2.02. The monoisotopic (exact) mass is 246 g/mol. The van der Waals surface area contributed by atoms with E-state index in [-0.39, 0.29) is 5.56 Å². The van der Waals surface area contributed by atoms with Crippen LogP contribution in [0, 0.1) is 0 Å². The summed E-state index contributed by atoms with van der Waals surface area (Å²) in [6.45, 7) is 0.429. The lowest BCUT2D eigenvalue weighted by molar-refractivity contribution is 0.0697. The van der Waals surface area contributed by atoms with Crippen LogP contribution in [0.4, 0.5) is 5.82 Å². The van der Waals surface area contributed by atoms with Crippen LogP contribution in [-0.4, -0.2) is 26.3 Å². The van der Waals surface area contributed by atoms with E-state index in [0.717, 1.165) is 5.56 Å². The second-order valence-corrected chi connectivity index (χ2v) is 3.53. The number of hydrogen-bond acceptors (Lipinski definition) is 5. The maximum absolute atomic E-state index is 10.9. The predicted molar refractivity (Wildman–Crippen MR) is 63.4 cm³/mol. The van der Waals surface area contributed by atoms with Gasteiger partial charge in [0, 0.05) is 6.54 Å². The molecule has 0 saturated carbocycles. The average molecular weight is 246 g/mol. The number of nitrogens with zero attached hydrogens (tertiary/aromatic N) is 2. The lowest BCUT2D eigenvalue weighted by atomic mass is 10.1. The molecule has 0 aliphatic carbocycles. The zero-order chi connectivity index (χ0) is 13.0. The van der Waals surface area contributed by atoms with Crippen LogP contribution in [0.5, 0.6) is 0 Å². The van der Waals surface area contributed by atoms with Crippen molar-refractivity contribution in [2.24, 2.45) is 0 Å². The Balaban J connectivity index is 2.02. The van der Waals surface area contributed by atoms with Gasteiger partial charge in [0.15, 0.2) is 5.82 Å². The molecule has 0 aliphatic heterocycles. The molecule has 7 nitrogen and oxygen atoms in total. The molecule has 7 heteroatoms. The van der Waals surface area contributed by atoms with E-state index in [0.29, 0.717) is 12.4 Å². The number of carboxylic acid groups (broad SMARTS) is 1. The number of nitrogens with one attached hydrogen (secondary N) is 2. The molecule has 0 unspecified atom stereocenters. The van der Waals surface area contributed by atoms with Gasteiger partial charge < -0.3 is 10.4 Å². The van der Waals surface area contributed by atoms with E-state index in [1.165, 1.54) is 18.3 Å². The molecule has 0 radical (unpaired) electrons. The molecule has 1 aromatic heterocycles. The Bertz CT molecular complexity index is 606. The first-order chi connectivity index (χ1) is 8.65. The van der Waals surface area contributed by atoms with E-state index in [9.17, 15) is 9.59 Å². The highest BCUT2D eigenvalue weighted by Crippen LogP contribution is 2.06. The van der Waals surface area contributed by atoms with Gasteiger partial charge >= 0.3 is 11.7 Å². The first kappa shape index (κ1) is 11.8. The van der Waals surface area contributed by atoms with Crippen LogP contribution in [-0.2, 0) is 6.54 Å². The number of carboxylic acids is 1. The highest BCUT2D eigenvalue weighted by atomic mass is 16.4. The van der Waals surface area contributed by atoms with E-state index in [2.05, 4.69) is 20.5 Å². The number of H-pyrrole nitrogens is 1. The second kappa shape index (κ2) is 5.09. The van der Waals surface area contributed by atoms with Crippen molar-refractivity contribution in [2.75, 3.05) is 5.32 Å². The zero-order valence-electron chi connectivity index (χ0n) is 9.25. The van der Waals surface area contributed by atoms with Crippen molar-refractivity contribution in [1.29, 1.82) is 0 Å². The largest absolute Gasteiger partial charge is 0.478 e. The number of carbonyl (C=O) groups is 1. The van der Waals surface area contributed by atoms with Gasteiger partial charge in [-0.3, -0.25) is 0 Å². The number of aromatic nitrogens is 3. The molecular weight excluding hydrogens is 236 g/mol. The van der Waals surface area contributed by atoms with Crippen LogP contribution in [0.2, 0.25) is 0 Å². The standard InChI is InChI=1S/C11H10N4O3/c16-10(17)8-3-1-7(2-4-8)5-12-9-6-13-15-11(18)14-9/h1-4,6H,5H2,(H,16,17)(H2,12,14,15,18). The van der Waals surface area contributed by atoms with E-state index in [4.69, 9.17) is 5.11 Å². The van der Waals surface area contributed by atoms with Gasteiger partial charge in [-0.15, -0.1) is 0 Å². The molecule has 2 rings (SSSR count). The molecule has 3 N–H and O–H groups in total. The molecule has 1 aromatic carbocycles. The van der Waals surface area contributed by atoms with Crippen LogP contribution >= 0.6 is 0 Å². The molecule has 0 fully saturated rings. The summed E-state index contributed by atoms with van der Waals surface area (Å²) < 4.78 is 0. The van der Waals surface area contributed by atoms with Crippen LogP contribution in [0.1, 0.15) is 15.9 Å². The molecule has 0 aliphatic rings. The first-order valence-electron chi connectivity index (χ1n) is 5.13. The van der Waals surface area contributed by atoms with E-state index >= 15 is 0 Å². The highest BCUT2D eigenvalue weighted by molar-refractivity contribution is 5.87. The summed E-state index contributed by atoms with van der Waals surface area (Å²) >= 11 is 0. The summed E-state index contributed by atoms with van der Waals surface area (Å²) in [5.74, 6) is -0.601. The average Bonchev–Trinajstić information content (AvgIpc) is 2.37. The maximum atomic E-state index is 10.9. The van der Waals surface area contributed by atoms with E-state index < -0.39 is 11.7 Å². The van der Waals surface area contributed by atoms with Gasteiger partial charge in [0.25, 0.3) is 0 Å². The summed E-state index contributed by atoms with van der Waals surface area (Å²) in [6.07, 6.45) is 1.40. The van der Waals surface area contributed by atoms with Gasteiger partial charge in [0.1, 0.15) is 0 Å². The van der Waals surface area contributed by atoms with Crippen molar-refractivity contribution in [3.05, 3.63) is 52.1 Å². The molecule has 92 valence electrons. The number of benzene rings is 1. The molecule has 0 spiro atoms. The van der Waals surface area contributed by atoms with E-state index in [1.54, 1.807) is 12.1 Å². The number of anilines is 1. The Kier molecular flexibility index (Phi) is 3.33. The third kappa shape index (κ3) is 2.91. The topological polar surface area (TPSA) is 108 Å².